The van der Waals surface area contributed by atoms with Gasteiger partial charge in [-0.25, -0.2) is 0 Å². The zero-order valence-corrected chi connectivity index (χ0v) is 10.4. The van der Waals surface area contributed by atoms with Gasteiger partial charge >= 0.3 is 0 Å². The number of rotatable bonds is 6. The Kier molecular flexibility index (Phi) is 4.24. The summed E-state index contributed by atoms with van der Waals surface area (Å²) in [6.45, 7) is 7.12. The molecule has 4 nitrogen and oxygen atoms in total. The lowest BCUT2D eigenvalue weighted by Gasteiger charge is -2.24. The van der Waals surface area contributed by atoms with Gasteiger partial charge in [0.25, 0.3) is 0 Å². The van der Waals surface area contributed by atoms with Crippen molar-refractivity contribution in [3.05, 3.63) is 18.0 Å². The van der Waals surface area contributed by atoms with Crippen molar-refractivity contribution < 1.29 is 4.79 Å². The van der Waals surface area contributed by atoms with E-state index in [-0.39, 0.29) is 5.78 Å². The molecule has 1 aromatic heterocycles. The Morgan fingerprint density at radius 2 is 2.25 bits per heavy atom. The zero-order chi connectivity index (χ0) is 12.2. The first-order chi connectivity index (χ1) is 7.59. The molecule has 0 fully saturated rings. The summed E-state index contributed by atoms with van der Waals surface area (Å²) in [6, 6.07) is 1.78. The van der Waals surface area contributed by atoms with Gasteiger partial charge in [0.1, 0.15) is 5.69 Å². The Balaban J connectivity index is 2.99. The molecule has 0 aliphatic carbocycles. The third-order valence-corrected chi connectivity index (χ3v) is 3.16. The van der Waals surface area contributed by atoms with E-state index in [4.69, 9.17) is 5.73 Å². The second-order valence-corrected chi connectivity index (χ2v) is 4.39. The number of hydrogen-bond donors (Lipinski definition) is 1. The normalized spacial score (nSPS) is 14.8. The minimum absolute atomic E-state index is 0.100. The number of hydrogen-bond acceptors (Lipinski definition) is 3. The van der Waals surface area contributed by atoms with E-state index in [9.17, 15) is 4.79 Å². The third kappa shape index (κ3) is 2.32. The van der Waals surface area contributed by atoms with Crippen molar-refractivity contribution in [3.63, 3.8) is 0 Å². The first-order valence-electron chi connectivity index (χ1n) is 5.85. The lowest BCUT2D eigenvalue weighted by atomic mass is 9.81. The van der Waals surface area contributed by atoms with Crippen LogP contribution in [0.1, 0.15) is 44.1 Å². The fourth-order valence-electron chi connectivity index (χ4n) is 1.62. The predicted molar refractivity (Wildman–Crippen MR) is 64.3 cm³/mol. The molecule has 1 aromatic rings. The number of ketones is 1. The average Bonchev–Trinajstić information content (AvgIpc) is 2.75. The standard InChI is InChI=1S/C12H21N3O/c1-4-8-15-10(6-7-14-15)11(16)12(3,5-2)9-13/h6-7H,4-5,8-9,13H2,1-3H3. The highest BCUT2D eigenvalue weighted by molar-refractivity contribution is 5.99. The molecule has 0 aliphatic rings. The SMILES string of the molecule is CCCn1nccc1C(=O)C(C)(CC)CN. The van der Waals surface area contributed by atoms with Gasteiger partial charge in [-0.3, -0.25) is 9.48 Å². The number of carbonyl (C=O) groups excluding carboxylic acids is 1. The van der Waals surface area contributed by atoms with Gasteiger partial charge in [0.15, 0.2) is 5.78 Å². The maximum atomic E-state index is 12.3. The summed E-state index contributed by atoms with van der Waals surface area (Å²) in [7, 11) is 0. The van der Waals surface area contributed by atoms with E-state index in [2.05, 4.69) is 12.0 Å². The topological polar surface area (TPSA) is 60.9 Å². The van der Waals surface area contributed by atoms with Gasteiger partial charge in [-0.2, -0.15) is 5.10 Å². The second-order valence-electron chi connectivity index (χ2n) is 4.39. The molecule has 0 aromatic carbocycles. The molecular weight excluding hydrogens is 202 g/mol. The molecule has 16 heavy (non-hydrogen) atoms. The van der Waals surface area contributed by atoms with E-state index >= 15 is 0 Å². The smallest absolute Gasteiger partial charge is 0.187 e. The van der Waals surface area contributed by atoms with Crippen molar-refractivity contribution in [1.29, 1.82) is 0 Å². The number of nitrogens with zero attached hydrogens (tertiary/aromatic N) is 2. The molecular formula is C12H21N3O. The van der Waals surface area contributed by atoms with Crippen molar-refractivity contribution in [2.75, 3.05) is 6.54 Å². The van der Waals surface area contributed by atoms with Crippen LogP contribution >= 0.6 is 0 Å². The summed E-state index contributed by atoms with van der Waals surface area (Å²) >= 11 is 0. The highest BCUT2D eigenvalue weighted by atomic mass is 16.1. The summed E-state index contributed by atoms with van der Waals surface area (Å²) in [6.07, 6.45) is 3.39. The number of carbonyl (C=O) groups is 1. The molecule has 0 spiro atoms. The molecule has 0 aliphatic heterocycles. The maximum absolute atomic E-state index is 12.3. The van der Waals surface area contributed by atoms with Crippen LogP contribution in [-0.4, -0.2) is 22.1 Å². The largest absolute Gasteiger partial charge is 0.329 e. The Hall–Kier alpha value is -1.16. The minimum Gasteiger partial charge on any atom is -0.329 e. The molecule has 0 saturated heterocycles. The Morgan fingerprint density at radius 3 is 2.75 bits per heavy atom. The Bertz CT molecular complexity index is 353. The highest BCUT2D eigenvalue weighted by Gasteiger charge is 2.32. The molecule has 0 saturated carbocycles. The predicted octanol–water partition coefficient (Wildman–Crippen LogP) is 1.85. The number of nitrogens with two attached hydrogens (primary N) is 1. The Morgan fingerprint density at radius 1 is 1.56 bits per heavy atom. The van der Waals surface area contributed by atoms with Crippen LogP contribution in [0.4, 0.5) is 0 Å². The fraction of sp³-hybridized carbons (Fsp3) is 0.667. The number of aromatic nitrogens is 2. The van der Waals surface area contributed by atoms with Gasteiger partial charge in [-0.1, -0.05) is 20.8 Å². The lowest BCUT2D eigenvalue weighted by Crippen LogP contribution is -2.36. The fourth-order valence-corrected chi connectivity index (χ4v) is 1.62. The molecule has 1 unspecified atom stereocenters. The van der Waals surface area contributed by atoms with Gasteiger partial charge in [0, 0.05) is 24.7 Å². The molecule has 90 valence electrons. The van der Waals surface area contributed by atoms with Crippen LogP contribution in [0.15, 0.2) is 12.3 Å². The van der Waals surface area contributed by atoms with Gasteiger partial charge in [0.2, 0.25) is 0 Å². The first kappa shape index (κ1) is 12.9. The van der Waals surface area contributed by atoms with E-state index in [0.29, 0.717) is 12.2 Å². The van der Waals surface area contributed by atoms with Crippen LogP contribution in [0.3, 0.4) is 0 Å². The van der Waals surface area contributed by atoms with Crippen molar-refractivity contribution in [1.82, 2.24) is 9.78 Å². The monoisotopic (exact) mass is 223 g/mol. The van der Waals surface area contributed by atoms with Crippen LogP contribution in [0.25, 0.3) is 0 Å². The van der Waals surface area contributed by atoms with Gasteiger partial charge in [-0.15, -0.1) is 0 Å². The van der Waals surface area contributed by atoms with Gasteiger partial charge in [0.05, 0.1) is 0 Å². The van der Waals surface area contributed by atoms with E-state index in [1.165, 1.54) is 0 Å². The summed E-state index contributed by atoms with van der Waals surface area (Å²) in [5.41, 5.74) is 5.91. The van der Waals surface area contributed by atoms with Crippen LogP contribution < -0.4 is 5.73 Å². The summed E-state index contributed by atoms with van der Waals surface area (Å²) in [4.78, 5) is 12.3. The van der Waals surface area contributed by atoms with Crippen molar-refractivity contribution in [2.24, 2.45) is 11.1 Å². The number of aryl methyl sites for hydroxylation is 1. The third-order valence-electron chi connectivity index (χ3n) is 3.16. The molecule has 0 bridgehead atoms. The number of Topliss-reactive ketones (excluding diaryl/α,β-unsaturated/α-hetero) is 1. The van der Waals surface area contributed by atoms with Crippen LogP contribution in [0, 0.1) is 5.41 Å². The zero-order valence-electron chi connectivity index (χ0n) is 10.4. The van der Waals surface area contributed by atoms with E-state index in [0.717, 1.165) is 19.4 Å². The van der Waals surface area contributed by atoms with Crippen molar-refractivity contribution >= 4 is 5.78 Å². The van der Waals surface area contributed by atoms with E-state index < -0.39 is 5.41 Å². The van der Waals surface area contributed by atoms with Crippen LogP contribution in [-0.2, 0) is 6.54 Å². The van der Waals surface area contributed by atoms with Gasteiger partial charge < -0.3 is 5.73 Å². The second kappa shape index (κ2) is 5.25. The average molecular weight is 223 g/mol. The van der Waals surface area contributed by atoms with Crippen molar-refractivity contribution in [2.45, 2.75) is 40.2 Å². The summed E-state index contributed by atoms with van der Waals surface area (Å²) in [5.74, 6) is 0.100. The highest BCUT2D eigenvalue weighted by Crippen LogP contribution is 2.25. The first-order valence-corrected chi connectivity index (χ1v) is 5.85. The van der Waals surface area contributed by atoms with E-state index in [1.807, 2.05) is 13.8 Å². The molecule has 0 radical (unpaired) electrons. The quantitative estimate of drug-likeness (QED) is 0.749. The molecule has 1 atom stereocenters. The molecule has 1 heterocycles. The van der Waals surface area contributed by atoms with Gasteiger partial charge in [-0.05, 0) is 18.9 Å². The minimum atomic E-state index is -0.467. The van der Waals surface area contributed by atoms with Crippen LogP contribution in [0.5, 0.6) is 0 Å². The van der Waals surface area contributed by atoms with Crippen molar-refractivity contribution in [3.8, 4) is 0 Å². The molecule has 0 amide bonds. The molecule has 1 rings (SSSR count). The Labute approximate surface area is 96.8 Å². The summed E-state index contributed by atoms with van der Waals surface area (Å²) in [5, 5.41) is 4.16. The molecule has 4 heteroatoms. The van der Waals surface area contributed by atoms with E-state index in [1.54, 1.807) is 16.9 Å². The summed E-state index contributed by atoms with van der Waals surface area (Å²) < 4.78 is 1.77. The maximum Gasteiger partial charge on any atom is 0.187 e. The molecule has 2 N–H and O–H groups in total. The van der Waals surface area contributed by atoms with Crippen LogP contribution in [0.2, 0.25) is 0 Å². The lowest BCUT2D eigenvalue weighted by molar-refractivity contribution is 0.0808.